The van der Waals surface area contributed by atoms with Gasteiger partial charge in [0.1, 0.15) is 5.75 Å². The molecule has 2 rings (SSSR count). The Morgan fingerprint density at radius 3 is 2.71 bits per heavy atom. The van der Waals surface area contributed by atoms with E-state index in [9.17, 15) is 18.3 Å². The molecule has 0 fully saturated rings. The largest absolute Gasteiger partial charge is 0.508 e. The van der Waals surface area contributed by atoms with Crippen molar-refractivity contribution in [1.82, 2.24) is 0 Å². The van der Waals surface area contributed by atoms with Gasteiger partial charge in [0.05, 0.1) is 16.1 Å². The number of hydrogen-bond acceptors (Lipinski definition) is 4. The number of carboxylic acids is 1. The van der Waals surface area contributed by atoms with Crippen LogP contribution in [0.5, 0.6) is 5.75 Å². The zero-order valence-electron chi connectivity index (χ0n) is 9.12. The van der Waals surface area contributed by atoms with E-state index < -0.39 is 27.0 Å². The van der Waals surface area contributed by atoms with Gasteiger partial charge in [0.25, 0.3) is 0 Å². The first kappa shape index (κ1) is 11.9. The molecule has 0 saturated heterocycles. The highest BCUT2D eigenvalue weighted by Crippen LogP contribution is 2.36. The van der Waals surface area contributed by atoms with Crippen molar-refractivity contribution in [2.24, 2.45) is 5.92 Å². The van der Waals surface area contributed by atoms with Crippen LogP contribution in [0, 0.1) is 5.92 Å². The maximum Gasteiger partial charge on any atom is 0.307 e. The number of carbonyl (C=O) groups is 1. The van der Waals surface area contributed by atoms with Crippen molar-refractivity contribution in [3.05, 3.63) is 23.8 Å². The minimum absolute atomic E-state index is 0.0115. The number of aliphatic carboxylic acids is 1. The zero-order chi connectivity index (χ0) is 12.8. The van der Waals surface area contributed by atoms with Gasteiger partial charge in [0.2, 0.25) is 0 Å². The van der Waals surface area contributed by atoms with E-state index in [0.29, 0.717) is 5.56 Å². The normalized spacial score (nSPS) is 23.0. The molecule has 2 atom stereocenters. The van der Waals surface area contributed by atoms with Gasteiger partial charge in [0, 0.05) is 0 Å². The molecule has 0 spiro atoms. The van der Waals surface area contributed by atoms with Crippen LogP contribution in [0.2, 0.25) is 0 Å². The molecule has 2 N–H and O–H groups in total. The van der Waals surface area contributed by atoms with Crippen LogP contribution in [0.1, 0.15) is 12.5 Å². The maximum atomic E-state index is 12.1. The molecule has 2 unspecified atom stereocenters. The van der Waals surface area contributed by atoms with Crippen molar-refractivity contribution in [3.8, 4) is 5.75 Å². The molecule has 1 aromatic carbocycles. The number of carboxylic acid groups (broad SMARTS) is 1. The molecule has 5 nitrogen and oxygen atoms in total. The molecule has 0 bridgehead atoms. The second-order valence-electron chi connectivity index (χ2n) is 4.21. The molecule has 1 aliphatic rings. The maximum absolute atomic E-state index is 12.1. The molecule has 0 saturated carbocycles. The number of rotatable bonds is 2. The van der Waals surface area contributed by atoms with Crippen LogP contribution < -0.4 is 0 Å². The highest BCUT2D eigenvalue weighted by Gasteiger charge is 2.42. The molecular weight excluding hydrogens is 244 g/mol. The highest BCUT2D eigenvalue weighted by molar-refractivity contribution is 7.92. The van der Waals surface area contributed by atoms with E-state index in [0.717, 1.165) is 0 Å². The van der Waals surface area contributed by atoms with Gasteiger partial charge in [-0.1, -0.05) is 6.92 Å². The van der Waals surface area contributed by atoms with Gasteiger partial charge >= 0.3 is 5.97 Å². The second-order valence-corrected chi connectivity index (χ2v) is 6.34. The molecule has 1 heterocycles. The van der Waals surface area contributed by atoms with E-state index in [4.69, 9.17) is 5.11 Å². The van der Waals surface area contributed by atoms with Gasteiger partial charge < -0.3 is 10.2 Å². The second kappa shape index (κ2) is 3.73. The van der Waals surface area contributed by atoms with Crippen LogP contribution in [0.25, 0.3) is 0 Å². The summed E-state index contributed by atoms with van der Waals surface area (Å²) in [7, 11) is -3.60. The van der Waals surface area contributed by atoms with Crippen LogP contribution in [0.4, 0.5) is 0 Å². The Kier molecular flexibility index (Phi) is 2.61. The minimum atomic E-state index is -3.60. The monoisotopic (exact) mass is 256 g/mol. The number of fused-ring (bicyclic) bond motifs is 1. The SMILES string of the molecule is CC(C(=O)O)C1Cc2cc(O)ccc2S1(=O)=O. The minimum Gasteiger partial charge on any atom is -0.508 e. The fourth-order valence-electron chi connectivity index (χ4n) is 2.10. The molecule has 1 aliphatic heterocycles. The Morgan fingerprint density at radius 1 is 1.47 bits per heavy atom. The predicted molar refractivity (Wildman–Crippen MR) is 59.6 cm³/mol. The first-order chi connectivity index (χ1) is 7.84. The summed E-state index contributed by atoms with van der Waals surface area (Å²) in [6, 6.07) is 4.00. The molecule has 6 heteroatoms. The standard InChI is InChI=1S/C11H12O5S/c1-6(11(13)14)10-5-7-4-8(12)2-3-9(7)17(10,15)16/h2-4,6,10,12H,5H2,1H3,(H,13,14). The molecule has 92 valence electrons. The molecular formula is C11H12O5S. The third kappa shape index (κ3) is 1.78. The number of phenols is 1. The van der Waals surface area contributed by atoms with Crippen molar-refractivity contribution < 1.29 is 23.4 Å². The number of hydrogen-bond donors (Lipinski definition) is 2. The summed E-state index contributed by atoms with van der Waals surface area (Å²) in [5, 5.41) is 17.2. The molecule has 0 amide bonds. The summed E-state index contributed by atoms with van der Waals surface area (Å²) in [4.78, 5) is 11.0. The Morgan fingerprint density at radius 2 is 2.12 bits per heavy atom. The topological polar surface area (TPSA) is 91.7 Å². The molecule has 1 aromatic rings. The number of phenolic OH excluding ortho intramolecular Hbond substituents is 1. The van der Waals surface area contributed by atoms with E-state index in [1.807, 2.05) is 0 Å². The Hall–Kier alpha value is -1.56. The Balaban J connectivity index is 2.50. The van der Waals surface area contributed by atoms with E-state index in [1.165, 1.54) is 25.1 Å². The predicted octanol–water partition coefficient (Wildman–Crippen LogP) is 0.811. The summed E-state index contributed by atoms with van der Waals surface area (Å²) < 4.78 is 24.2. The number of benzene rings is 1. The lowest BCUT2D eigenvalue weighted by Crippen LogP contribution is -2.30. The van der Waals surface area contributed by atoms with Crippen molar-refractivity contribution in [2.75, 3.05) is 0 Å². The average Bonchev–Trinajstić information content (AvgIpc) is 2.48. The van der Waals surface area contributed by atoms with E-state index >= 15 is 0 Å². The highest BCUT2D eigenvalue weighted by atomic mass is 32.2. The average molecular weight is 256 g/mol. The summed E-state index contributed by atoms with van der Waals surface area (Å²) in [6.07, 6.45) is 0.138. The van der Waals surface area contributed by atoms with Crippen molar-refractivity contribution in [1.29, 1.82) is 0 Å². The van der Waals surface area contributed by atoms with Crippen molar-refractivity contribution in [2.45, 2.75) is 23.5 Å². The lowest BCUT2D eigenvalue weighted by molar-refractivity contribution is -0.141. The molecule has 0 aromatic heterocycles. The fraction of sp³-hybridized carbons (Fsp3) is 0.364. The smallest absolute Gasteiger partial charge is 0.307 e. The van der Waals surface area contributed by atoms with Gasteiger partial charge in [-0.05, 0) is 30.2 Å². The summed E-state index contributed by atoms with van der Waals surface area (Å²) in [5.41, 5.74) is 0.489. The van der Waals surface area contributed by atoms with Gasteiger partial charge in [-0.3, -0.25) is 4.79 Å². The van der Waals surface area contributed by atoms with E-state index in [-0.39, 0.29) is 17.1 Å². The molecule has 0 aliphatic carbocycles. The third-order valence-electron chi connectivity index (χ3n) is 3.12. The lowest BCUT2D eigenvalue weighted by atomic mass is 10.0. The first-order valence-electron chi connectivity index (χ1n) is 5.12. The lowest BCUT2D eigenvalue weighted by Gasteiger charge is -2.13. The molecule has 17 heavy (non-hydrogen) atoms. The zero-order valence-corrected chi connectivity index (χ0v) is 9.94. The van der Waals surface area contributed by atoms with Crippen LogP contribution >= 0.6 is 0 Å². The van der Waals surface area contributed by atoms with Crippen LogP contribution in [-0.2, 0) is 21.1 Å². The quantitative estimate of drug-likeness (QED) is 0.817. The van der Waals surface area contributed by atoms with E-state index in [2.05, 4.69) is 0 Å². The third-order valence-corrected chi connectivity index (χ3v) is 5.50. The van der Waals surface area contributed by atoms with Crippen LogP contribution in [0.3, 0.4) is 0 Å². The van der Waals surface area contributed by atoms with Gasteiger partial charge in [0.15, 0.2) is 9.84 Å². The summed E-state index contributed by atoms with van der Waals surface area (Å²) >= 11 is 0. The van der Waals surface area contributed by atoms with E-state index in [1.54, 1.807) is 0 Å². The van der Waals surface area contributed by atoms with Crippen LogP contribution in [-0.4, -0.2) is 29.9 Å². The van der Waals surface area contributed by atoms with Gasteiger partial charge in [-0.25, -0.2) is 8.42 Å². The Bertz CT molecular complexity index is 576. The van der Waals surface area contributed by atoms with Crippen LogP contribution in [0.15, 0.2) is 23.1 Å². The van der Waals surface area contributed by atoms with Gasteiger partial charge in [-0.15, -0.1) is 0 Å². The first-order valence-corrected chi connectivity index (χ1v) is 6.67. The van der Waals surface area contributed by atoms with Crippen molar-refractivity contribution >= 4 is 15.8 Å². The Labute approximate surface area is 98.6 Å². The van der Waals surface area contributed by atoms with Crippen molar-refractivity contribution in [3.63, 3.8) is 0 Å². The molecule has 0 radical (unpaired) electrons. The van der Waals surface area contributed by atoms with Gasteiger partial charge in [-0.2, -0.15) is 0 Å². The number of sulfone groups is 1. The summed E-state index contributed by atoms with van der Waals surface area (Å²) in [5.74, 6) is -2.10. The summed E-state index contributed by atoms with van der Waals surface area (Å²) in [6.45, 7) is 1.39. The number of aromatic hydroxyl groups is 1. The fourth-order valence-corrected chi connectivity index (χ4v) is 4.24.